The lowest BCUT2D eigenvalue weighted by Crippen LogP contribution is -2.10. The maximum Gasteiger partial charge on any atom is 0.161 e. The Bertz CT molecular complexity index is 325. The number of halogens is 3. The molecule has 0 saturated carbocycles. The van der Waals surface area contributed by atoms with Gasteiger partial charge in [-0.3, -0.25) is 0 Å². The first-order valence-corrected chi connectivity index (χ1v) is 4.36. The van der Waals surface area contributed by atoms with Crippen molar-refractivity contribution in [2.45, 2.75) is 25.9 Å². The minimum absolute atomic E-state index is 0.000463. The summed E-state index contributed by atoms with van der Waals surface area (Å²) in [4.78, 5) is 0. The number of aliphatic hydroxyl groups is 1. The Morgan fingerprint density at radius 1 is 1.14 bits per heavy atom. The molecule has 1 aromatic rings. The summed E-state index contributed by atoms with van der Waals surface area (Å²) < 4.78 is 38.2. The van der Waals surface area contributed by atoms with E-state index in [1.165, 1.54) is 0 Å². The molecule has 0 spiro atoms. The van der Waals surface area contributed by atoms with Gasteiger partial charge in [-0.25, -0.2) is 13.2 Å². The Morgan fingerprint density at radius 2 is 1.71 bits per heavy atom. The molecule has 1 nitrogen and oxygen atoms in total. The number of hydrogen-bond donors (Lipinski definition) is 1. The smallest absolute Gasteiger partial charge is 0.161 e. The third-order valence-corrected chi connectivity index (χ3v) is 2.02. The monoisotopic (exact) mass is 204 g/mol. The molecule has 1 atom stereocenters. The van der Waals surface area contributed by atoms with E-state index in [0.29, 0.717) is 12.5 Å². The van der Waals surface area contributed by atoms with Gasteiger partial charge >= 0.3 is 0 Å². The summed E-state index contributed by atoms with van der Waals surface area (Å²) in [6, 6.07) is 1.27. The molecule has 4 heteroatoms. The standard InChI is InChI=1S/C10H11F3O/c1-2-7(14)3-6-4-9(12)10(13)5-8(6)11/h4-5,7,14H,2-3H2,1H3/t7-/m0/s1. The Labute approximate surface area is 80.2 Å². The number of benzene rings is 1. The molecule has 0 aliphatic rings. The highest BCUT2D eigenvalue weighted by Crippen LogP contribution is 2.15. The summed E-state index contributed by atoms with van der Waals surface area (Å²) in [5.41, 5.74) is -0.00162. The van der Waals surface area contributed by atoms with Gasteiger partial charge < -0.3 is 5.11 Å². The highest BCUT2D eigenvalue weighted by Gasteiger charge is 2.12. The lowest BCUT2D eigenvalue weighted by molar-refractivity contribution is 0.169. The summed E-state index contributed by atoms with van der Waals surface area (Å²) in [5.74, 6) is -3.13. The average molecular weight is 204 g/mol. The van der Waals surface area contributed by atoms with E-state index in [-0.39, 0.29) is 12.0 Å². The van der Waals surface area contributed by atoms with Gasteiger partial charge in [0.2, 0.25) is 0 Å². The van der Waals surface area contributed by atoms with Crippen molar-refractivity contribution >= 4 is 0 Å². The summed E-state index contributed by atoms with van der Waals surface area (Å²) in [5, 5.41) is 9.21. The van der Waals surface area contributed by atoms with Crippen molar-refractivity contribution in [3.05, 3.63) is 35.1 Å². The number of rotatable bonds is 3. The average Bonchev–Trinajstić information content (AvgIpc) is 2.14. The van der Waals surface area contributed by atoms with Gasteiger partial charge in [0, 0.05) is 12.5 Å². The summed E-state index contributed by atoms with van der Waals surface area (Å²) >= 11 is 0. The van der Waals surface area contributed by atoms with E-state index in [2.05, 4.69) is 0 Å². The quantitative estimate of drug-likeness (QED) is 0.749. The molecule has 0 heterocycles. The van der Waals surface area contributed by atoms with E-state index < -0.39 is 23.6 Å². The van der Waals surface area contributed by atoms with E-state index in [9.17, 15) is 18.3 Å². The van der Waals surface area contributed by atoms with Gasteiger partial charge in [0.1, 0.15) is 5.82 Å². The predicted octanol–water partition coefficient (Wildman–Crippen LogP) is 2.42. The van der Waals surface area contributed by atoms with Crippen LogP contribution in [0.15, 0.2) is 12.1 Å². The van der Waals surface area contributed by atoms with E-state index in [0.717, 1.165) is 6.07 Å². The molecule has 0 aromatic heterocycles. The second-order valence-corrected chi connectivity index (χ2v) is 3.12. The van der Waals surface area contributed by atoms with Crippen LogP contribution in [0.1, 0.15) is 18.9 Å². The molecule has 0 amide bonds. The first kappa shape index (κ1) is 11.0. The lowest BCUT2D eigenvalue weighted by Gasteiger charge is -2.08. The van der Waals surface area contributed by atoms with Crippen LogP contribution in [0.25, 0.3) is 0 Å². The van der Waals surface area contributed by atoms with E-state index in [1.807, 2.05) is 0 Å². The van der Waals surface area contributed by atoms with Crippen LogP contribution in [0.2, 0.25) is 0 Å². The van der Waals surface area contributed by atoms with E-state index in [1.54, 1.807) is 6.92 Å². The van der Waals surface area contributed by atoms with Crippen molar-refractivity contribution in [1.29, 1.82) is 0 Å². The van der Waals surface area contributed by atoms with Crippen molar-refractivity contribution in [2.75, 3.05) is 0 Å². The van der Waals surface area contributed by atoms with Crippen LogP contribution in [0.4, 0.5) is 13.2 Å². The summed E-state index contributed by atoms with van der Waals surface area (Å²) in [7, 11) is 0. The van der Waals surface area contributed by atoms with Crippen LogP contribution in [-0.2, 0) is 6.42 Å². The molecule has 78 valence electrons. The first-order valence-electron chi connectivity index (χ1n) is 4.36. The van der Waals surface area contributed by atoms with E-state index in [4.69, 9.17) is 0 Å². The van der Waals surface area contributed by atoms with Gasteiger partial charge in [-0.05, 0) is 18.1 Å². The zero-order chi connectivity index (χ0) is 10.7. The second kappa shape index (κ2) is 4.46. The van der Waals surface area contributed by atoms with E-state index >= 15 is 0 Å². The zero-order valence-electron chi connectivity index (χ0n) is 7.73. The van der Waals surface area contributed by atoms with Crippen LogP contribution in [0, 0.1) is 17.5 Å². The second-order valence-electron chi connectivity index (χ2n) is 3.12. The highest BCUT2D eigenvalue weighted by molar-refractivity contribution is 5.20. The third-order valence-electron chi connectivity index (χ3n) is 2.02. The Hall–Kier alpha value is -1.03. The highest BCUT2D eigenvalue weighted by atomic mass is 19.2. The van der Waals surface area contributed by atoms with Crippen LogP contribution in [0.3, 0.4) is 0 Å². The molecular formula is C10H11F3O. The van der Waals surface area contributed by atoms with Gasteiger partial charge in [-0.1, -0.05) is 6.92 Å². The van der Waals surface area contributed by atoms with Crippen LogP contribution < -0.4 is 0 Å². The number of hydrogen-bond acceptors (Lipinski definition) is 1. The fourth-order valence-corrected chi connectivity index (χ4v) is 1.12. The topological polar surface area (TPSA) is 20.2 Å². The molecule has 0 bridgehead atoms. The fraction of sp³-hybridized carbons (Fsp3) is 0.400. The van der Waals surface area contributed by atoms with Gasteiger partial charge in [0.25, 0.3) is 0 Å². The molecule has 1 aromatic carbocycles. The SMILES string of the molecule is CC[C@H](O)Cc1cc(F)c(F)cc1F. The van der Waals surface area contributed by atoms with Gasteiger partial charge in [-0.2, -0.15) is 0 Å². The van der Waals surface area contributed by atoms with Gasteiger partial charge in [0.05, 0.1) is 6.10 Å². The molecule has 0 radical (unpaired) electrons. The molecule has 0 fully saturated rings. The Kier molecular flexibility index (Phi) is 3.52. The molecule has 0 aliphatic heterocycles. The lowest BCUT2D eigenvalue weighted by atomic mass is 10.1. The van der Waals surface area contributed by atoms with Crippen LogP contribution >= 0.6 is 0 Å². The largest absolute Gasteiger partial charge is 0.393 e. The maximum absolute atomic E-state index is 13.0. The van der Waals surface area contributed by atoms with Crippen LogP contribution in [0.5, 0.6) is 0 Å². The Morgan fingerprint density at radius 3 is 2.29 bits per heavy atom. The molecule has 0 aliphatic carbocycles. The normalized spacial score (nSPS) is 12.9. The fourth-order valence-electron chi connectivity index (χ4n) is 1.12. The molecular weight excluding hydrogens is 193 g/mol. The van der Waals surface area contributed by atoms with Gasteiger partial charge in [0.15, 0.2) is 11.6 Å². The Balaban J connectivity index is 2.92. The first-order chi connectivity index (χ1) is 6.54. The van der Waals surface area contributed by atoms with Crippen molar-refractivity contribution in [2.24, 2.45) is 0 Å². The van der Waals surface area contributed by atoms with Crippen molar-refractivity contribution in [3.8, 4) is 0 Å². The minimum atomic E-state index is -1.21. The van der Waals surface area contributed by atoms with Crippen molar-refractivity contribution in [3.63, 3.8) is 0 Å². The predicted molar refractivity (Wildman–Crippen MR) is 46.3 cm³/mol. The van der Waals surface area contributed by atoms with Gasteiger partial charge in [-0.15, -0.1) is 0 Å². The molecule has 1 rings (SSSR count). The van der Waals surface area contributed by atoms with Crippen molar-refractivity contribution in [1.82, 2.24) is 0 Å². The van der Waals surface area contributed by atoms with Crippen molar-refractivity contribution < 1.29 is 18.3 Å². The molecule has 0 saturated heterocycles. The third kappa shape index (κ3) is 2.48. The van der Waals surface area contributed by atoms with Crippen LogP contribution in [-0.4, -0.2) is 11.2 Å². The summed E-state index contributed by atoms with van der Waals surface area (Å²) in [6.07, 6.45) is -0.285. The minimum Gasteiger partial charge on any atom is -0.393 e. The maximum atomic E-state index is 13.0. The molecule has 1 N–H and O–H groups in total. The molecule has 14 heavy (non-hydrogen) atoms. The zero-order valence-corrected chi connectivity index (χ0v) is 7.73. The summed E-state index contributed by atoms with van der Waals surface area (Å²) in [6.45, 7) is 1.72. The molecule has 0 unspecified atom stereocenters. The number of aliphatic hydroxyl groups excluding tert-OH is 1.